The minimum Gasteiger partial charge on any atom is -0.369 e. The summed E-state index contributed by atoms with van der Waals surface area (Å²) in [5.41, 5.74) is 7.55. The van der Waals surface area contributed by atoms with E-state index in [1.54, 1.807) is 17.5 Å². The molecule has 0 fully saturated rings. The van der Waals surface area contributed by atoms with E-state index in [1.165, 1.54) is 0 Å². The fourth-order valence-corrected chi connectivity index (χ4v) is 2.55. The van der Waals surface area contributed by atoms with Crippen molar-refractivity contribution in [1.29, 1.82) is 0 Å². The lowest BCUT2D eigenvalue weighted by atomic mass is 10.4. The van der Waals surface area contributed by atoms with E-state index in [-0.39, 0.29) is 0 Å². The average Bonchev–Trinajstić information content (AvgIpc) is 2.85. The van der Waals surface area contributed by atoms with Gasteiger partial charge < -0.3 is 5.73 Å². The molecule has 0 spiro atoms. The van der Waals surface area contributed by atoms with Crippen molar-refractivity contribution < 1.29 is 0 Å². The van der Waals surface area contributed by atoms with Gasteiger partial charge in [-0.1, -0.05) is 0 Å². The molecular formula is C11H11N5S. The van der Waals surface area contributed by atoms with E-state index >= 15 is 0 Å². The van der Waals surface area contributed by atoms with Crippen molar-refractivity contribution in [3.8, 4) is 0 Å². The molecular weight excluding hydrogens is 234 g/mol. The second-order valence-electron chi connectivity index (χ2n) is 3.75. The zero-order valence-electron chi connectivity index (χ0n) is 9.29. The van der Waals surface area contributed by atoms with Crippen LogP contribution in [0.15, 0.2) is 24.5 Å². The van der Waals surface area contributed by atoms with Gasteiger partial charge in [-0.05, 0) is 19.1 Å². The van der Waals surface area contributed by atoms with E-state index in [2.05, 4.69) is 15.0 Å². The number of aromatic nitrogens is 4. The maximum absolute atomic E-state index is 5.90. The third kappa shape index (κ3) is 1.76. The molecule has 3 rings (SSSR count). The van der Waals surface area contributed by atoms with Gasteiger partial charge in [0.15, 0.2) is 5.65 Å². The Labute approximate surface area is 102 Å². The number of nitrogens with two attached hydrogens (primary N) is 1. The number of pyridine rings is 1. The first kappa shape index (κ1) is 10.2. The Balaban J connectivity index is 2.08. The van der Waals surface area contributed by atoms with Crippen molar-refractivity contribution in [2.75, 3.05) is 5.73 Å². The minimum absolute atomic E-state index is 0.491. The summed E-state index contributed by atoms with van der Waals surface area (Å²) >= 11 is 1.66. The van der Waals surface area contributed by atoms with Crippen LogP contribution in [0.5, 0.6) is 0 Å². The molecule has 0 unspecified atom stereocenters. The summed E-state index contributed by atoms with van der Waals surface area (Å²) in [5.74, 6) is 0.491. The van der Waals surface area contributed by atoms with Gasteiger partial charge in [0.1, 0.15) is 5.52 Å². The van der Waals surface area contributed by atoms with E-state index < -0.39 is 0 Å². The Bertz CT molecular complexity index is 669. The molecule has 6 heteroatoms. The molecule has 5 nitrogen and oxygen atoms in total. The van der Waals surface area contributed by atoms with Crippen molar-refractivity contribution in [1.82, 2.24) is 19.5 Å². The average molecular weight is 245 g/mol. The van der Waals surface area contributed by atoms with E-state index in [9.17, 15) is 0 Å². The van der Waals surface area contributed by atoms with Gasteiger partial charge in [0.2, 0.25) is 5.95 Å². The van der Waals surface area contributed by atoms with Crippen LogP contribution in [0.25, 0.3) is 11.2 Å². The summed E-state index contributed by atoms with van der Waals surface area (Å²) in [6.45, 7) is 2.66. The number of rotatable bonds is 2. The zero-order valence-corrected chi connectivity index (χ0v) is 10.1. The van der Waals surface area contributed by atoms with Crippen LogP contribution in [-0.4, -0.2) is 19.5 Å². The quantitative estimate of drug-likeness (QED) is 0.747. The molecule has 0 aliphatic carbocycles. The maximum atomic E-state index is 5.90. The number of anilines is 1. The van der Waals surface area contributed by atoms with Crippen LogP contribution in [0.3, 0.4) is 0 Å². The SMILES string of the molecule is Cc1ncc(Cn2c(N)nc3cccnc32)s1. The lowest BCUT2D eigenvalue weighted by molar-refractivity contribution is 0.839. The van der Waals surface area contributed by atoms with Crippen LogP contribution in [-0.2, 0) is 6.54 Å². The molecule has 0 bridgehead atoms. The fraction of sp³-hybridized carbons (Fsp3) is 0.182. The van der Waals surface area contributed by atoms with Crippen molar-refractivity contribution in [2.24, 2.45) is 0 Å². The molecule has 0 aromatic carbocycles. The zero-order chi connectivity index (χ0) is 11.8. The van der Waals surface area contributed by atoms with E-state index in [4.69, 9.17) is 5.73 Å². The monoisotopic (exact) mass is 245 g/mol. The lowest BCUT2D eigenvalue weighted by Gasteiger charge is -2.02. The molecule has 17 heavy (non-hydrogen) atoms. The fourth-order valence-electron chi connectivity index (χ4n) is 1.77. The van der Waals surface area contributed by atoms with Crippen LogP contribution in [0.4, 0.5) is 5.95 Å². The summed E-state index contributed by atoms with van der Waals surface area (Å²) in [7, 11) is 0. The highest BCUT2D eigenvalue weighted by Crippen LogP contribution is 2.19. The molecule has 3 aromatic rings. The van der Waals surface area contributed by atoms with Crippen LogP contribution in [0, 0.1) is 6.92 Å². The number of hydrogen-bond donors (Lipinski definition) is 1. The van der Waals surface area contributed by atoms with E-state index in [0.717, 1.165) is 21.0 Å². The predicted octanol–water partition coefficient (Wildman–Crippen LogP) is 1.83. The normalized spacial score (nSPS) is 11.1. The first-order valence-electron chi connectivity index (χ1n) is 5.22. The molecule has 0 radical (unpaired) electrons. The molecule has 2 N–H and O–H groups in total. The van der Waals surface area contributed by atoms with Gasteiger partial charge in [-0.15, -0.1) is 11.3 Å². The maximum Gasteiger partial charge on any atom is 0.202 e. The topological polar surface area (TPSA) is 69.6 Å². The minimum atomic E-state index is 0.491. The highest BCUT2D eigenvalue weighted by molar-refractivity contribution is 7.11. The first-order valence-corrected chi connectivity index (χ1v) is 6.04. The smallest absolute Gasteiger partial charge is 0.202 e. The molecule has 0 aliphatic heterocycles. The van der Waals surface area contributed by atoms with Crippen LogP contribution in [0.2, 0.25) is 0 Å². The van der Waals surface area contributed by atoms with Gasteiger partial charge in [-0.2, -0.15) is 0 Å². The van der Waals surface area contributed by atoms with Gasteiger partial charge in [0.25, 0.3) is 0 Å². The second-order valence-corrected chi connectivity index (χ2v) is 5.07. The van der Waals surface area contributed by atoms with Gasteiger partial charge in [-0.3, -0.25) is 4.57 Å². The Hall–Kier alpha value is -1.95. The molecule has 3 aromatic heterocycles. The largest absolute Gasteiger partial charge is 0.369 e. The lowest BCUT2D eigenvalue weighted by Crippen LogP contribution is -2.04. The van der Waals surface area contributed by atoms with Crippen molar-refractivity contribution in [2.45, 2.75) is 13.5 Å². The number of hydrogen-bond acceptors (Lipinski definition) is 5. The Morgan fingerprint density at radius 1 is 1.41 bits per heavy atom. The van der Waals surface area contributed by atoms with E-state index in [1.807, 2.05) is 29.8 Å². The summed E-state index contributed by atoms with van der Waals surface area (Å²) in [6, 6.07) is 3.77. The second kappa shape index (κ2) is 3.81. The van der Waals surface area contributed by atoms with Crippen molar-refractivity contribution >= 4 is 28.4 Å². The van der Waals surface area contributed by atoms with E-state index in [0.29, 0.717) is 12.5 Å². The van der Waals surface area contributed by atoms with Crippen LogP contribution >= 0.6 is 11.3 Å². The number of nitrogen functional groups attached to an aromatic ring is 1. The van der Waals surface area contributed by atoms with Gasteiger partial charge in [0, 0.05) is 17.3 Å². The Kier molecular flexibility index (Phi) is 2.29. The van der Waals surface area contributed by atoms with Gasteiger partial charge >= 0.3 is 0 Å². The molecule has 0 aliphatic rings. The highest BCUT2D eigenvalue weighted by Gasteiger charge is 2.10. The number of imidazole rings is 1. The number of nitrogens with zero attached hydrogens (tertiary/aromatic N) is 4. The molecule has 86 valence electrons. The summed E-state index contributed by atoms with van der Waals surface area (Å²) in [4.78, 5) is 14.0. The van der Waals surface area contributed by atoms with Crippen LogP contribution in [0.1, 0.15) is 9.88 Å². The standard InChI is InChI=1S/C11H11N5S/c1-7-14-5-8(17-7)6-16-10-9(15-11(16)12)3-2-4-13-10/h2-5H,6H2,1H3,(H2,12,15). The van der Waals surface area contributed by atoms with Crippen molar-refractivity contribution in [3.05, 3.63) is 34.4 Å². The molecule has 0 saturated heterocycles. The summed E-state index contributed by atoms with van der Waals surface area (Å²) in [5, 5.41) is 1.05. The Morgan fingerprint density at radius 3 is 3.06 bits per heavy atom. The van der Waals surface area contributed by atoms with Crippen LogP contribution < -0.4 is 5.73 Å². The summed E-state index contributed by atoms with van der Waals surface area (Å²) in [6.07, 6.45) is 3.62. The summed E-state index contributed by atoms with van der Waals surface area (Å²) < 4.78 is 1.91. The van der Waals surface area contributed by atoms with Gasteiger partial charge in [0.05, 0.1) is 11.6 Å². The molecule has 0 amide bonds. The number of fused-ring (bicyclic) bond motifs is 1. The molecule has 3 heterocycles. The molecule has 0 atom stereocenters. The predicted molar refractivity (Wildman–Crippen MR) is 67.9 cm³/mol. The van der Waals surface area contributed by atoms with Crippen molar-refractivity contribution in [3.63, 3.8) is 0 Å². The molecule has 0 saturated carbocycles. The third-order valence-corrected chi connectivity index (χ3v) is 3.41. The first-order chi connectivity index (χ1) is 8.24. The van der Waals surface area contributed by atoms with Gasteiger partial charge in [-0.25, -0.2) is 15.0 Å². The number of aryl methyl sites for hydroxylation is 1. The third-order valence-electron chi connectivity index (χ3n) is 2.52. The Morgan fingerprint density at radius 2 is 2.29 bits per heavy atom. The highest BCUT2D eigenvalue weighted by atomic mass is 32.1. The number of thiazole rings is 1.